The van der Waals surface area contributed by atoms with Crippen molar-refractivity contribution in [1.29, 1.82) is 0 Å². The second-order valence-corrected chi connectivity index (χ2v) is 9.59. The Morgan fingerprint density at radius 3 is 2.73 bits per heavy atom. The van der Waals surface area contributed by atoms with Crippen molar-refractivity contribution < 1.29 is 4.79 Å². The summed E-state index contributed by atoms with van der Waals surface area (Å²) in [5.74, 6) is -0.163. The zero-order valence-corrected chi connectivity index (χ0v) is 18.6. The Morgan fingerprint density at radius 1 is 1.10 bits per heavy atom. The summed E-state index contributed by atoms with van der Waals surface area (Å²) in [6.45, 7) is 2.12. The van der Waals surface area contributed by atoms with Crippen molar-refractivity contribution in [1.82, 2.24) is 4.98 Å². The van der Waals surface area contributed by atoms with Crippen LogP contribution in [-0.2, 0) is 6.42 Å². The van der Waals surface area contributed by atoms with Crippen molar-refractivity contribution in [3.63, 3.8) is 0 Å². The van der Waals surface area contributed by atoms with Gasteiger partial charge >= 0.3 is 0 Å². The molecule has 2 aromatic heterocycles. The normalized spacial score (nSPS) is 12.7. The molecule has 150 valence electrons. The Bertz CT molecular complexity index is 1300. The molecule has 1 amide bonds. The smallest absolute Gasteiger partial charge is 0.275 e. The average molecular weight is 452 g/mol. The van der Waals surface area contributed by atoms with E-state index in [0.717, 1.165) is 49.9 Å². The van der Waals surface area contributed by atoms with Gasteiger partial charge in [-0.2, -0.15) is 0 Å². The van der Waals surface area contributed by atoms with Crippen LogP contribution >= 0.6 is 34.7 Å². The number of rotatable bonds is 3. The van der Waals surface area contributed by atoms with Gasteiger partial charge in [0.1, 0.15) is 9.71 Å². The number of nitrogens with zero attached hydrogens (tertiary/aromatic N) is 2. The molecule has 0 spiro atoms. The Balaban J connectivity index is 1.67. The minimum Gasteiger partial charge on any atom is -0.397 e. The van der Waals surface area contributed by atoms with Crippen molar-refractivity contribution in [3.8, 4) is 0 Å². The monoisotopic (exact) mass is 451 g/mol. The number of halogens is 1. The highest BCUT2D eigenvalue weighted by molar-refractivity contribution is 7.99. The first-order valence-corrected chi connectivity index (χ1v) is 11.7. The van der Waals surface area contributed by atoms with Crippen LogP contribution in [0.25, 0.3) is 10.2 Å². The van der Waals surface area contributed by atoms with Crippen LogP contribution in [0.15, 0.2) is 64.4 Å². The third-order valence-corrected chi connectivity index (χ3v) is 7.51. The van der Waals surface area contributed by atoms with Crippen LogP contribution in [0.4, 0.5) is 17.1 Å². The van der Waals surface area contributed by atoms with Crippen molar-refractivity contribution >= 4 is 67.9 Å². The van der Waals surface area contributed by atoms with E-state index in [4.69, 9.17) is 22.3 Å². The Kier molecular flexibility index (Phi) is 4.93. The van der Waals surface area contributed by atoms with Gasteiger partial charge in [-0.05, 0) is 48.9 Å². The number of amides is 1. The molecule has 1 aliphatic heterocycles. The first kappa shape index (κ1) is 19.4. The number of carbonyl (C=O) groups excluding carboxylic acids is 1. The predicted molar refractivity (Wildman–Crippen MR) is 127 cm³/mol. The lowest BCUT2D eigenvalue weighted by atomic mass is 10.1. The highest BCUT2D eigenvalue weighted by atomic mass is 35.5. The molecule has 0 atom stereocenters. The van der Waals surface area contributed by atoms with Gasteiger partial charge in [0, 0.05) is 25.9 Å². The maximum atomic E-state index is 13.8. The molecular formula is C23H18ClN3OS2. The molecule has 0 saturated carbocycles. The molecule has 0 fully saturated rings. The second kappa shape index (κ2) is 7.61. The largest absolute Gasteiger partial charge is 0.397 e. The molecule has 0 unspecified atom stereocenters. The minimum absolute atomic E-state index is 0.163. The fourth-order valence-electron chi connectivity index (χ4n) is 3.64. The number of para-hydroxylation sites is 1. The number of benzene rings is 2. The lowest BCUT2D eigenvalue weighted by molar-refractivity contribution is 0.100. The van der Waals surface area contributed by atoms with E-state index in [9.17, 15) is 4.79 Å². The fraction of sp³-hybridized carbons (Fsp3) is 0.130. The Labute approximate surface area is 187 Å². The van der Waals surface area contributed by atoms with Gasteiger partial charge in [0.2, 0.25) is 0 Å². The van der Waals surface area contributed by atoms with Crippen LogP contribution in [-0.4, -0.2) is 10.9 Å². The number of pyridine rings is 1. The van der Waals surface area contributed by atoms with Gasteiger partial charge in [0.15, 0.2) is 0 Å². The van der Waals surface area contributed by atoms with Crippen molar-refractivity contribution in [2.45, 2.75) is 29.6 Å². The van der Waals surface area contributed by atoms with E-state index in [2.05, 4.69) is 6.92 Å². The van der Waals surface area contributed by atoms with E-state index in [1.165, 1.54) is 11.3 Å². The quantitative estimate of drug-likeness (QED) is 0.367. The van der Waals surface area contributed by atoms with Crippen LogP contribution in [0.1, 0.15) is 28.7 Å². The molecule has 0 radical (unpaired) electrons. The zero-order valence-electron chi connectivity index (χ0n) is 16.2. The molecule has 7 heteroatoms. The number of aromatic nitrogens is 1. The number of hydrogen-bond donors (Lipinski definition) is 1. The highest BCUT2D eigenvalue weighted by Crippen LogP contribution is 2.50. The molecule has 4 nitrogen and oxygen atoms in total. The minimum atomic E-state index is -0.163. The van der Waals surface area contributed by atoms with Gasteiger partial charge in [-0.1, -0.05) is 48.8 Å². The first-order chi connectivity index (χ1) is 14.6. The van der Waals surface area contributed by atoms with Crippen molar-refractivity contribution in [2.75, 3.05) is 10.6 Å². The summed E-state index contributed by atoms with van der Waals surface area (Å²) >= 11 is 9.27. The van der Waals surface area contributed by atoms with Crippen LogP contribution < -0.4 is 10.6 Å². The molecule has 4 aromatic rings. The topological polar surface area (TPSA) is 59.2 Å². The Morgan fingerprint density at radius 2 is 1.90 bits per heavy atom. The number of anilines is 3. The summed E-state index contributed by atoms with van der Waals surface area (Å²) in [7, 11) is 0. The van der Waals surface area contributed by atoms with Gasteiger partial charge in [0.05, 0.1) is 17.1 Å². The summed E-state index contributed by atoms with van der Waals surface area (Å²) in [5, 5.41) is 1.41. The third-order valence-electron chi connectivity index (χ3n) is 5.04. The van der Waals surface area contributed by atoms with Crippen LogP contribution in [0.3, 0.4) is 0 Å². The van der Waals surface area contributed by atoms with Gasteiger partial charge < -0.3 is 5.73 Å². The van der Waals surface area contributed by atoms with Crippen LogP contribution in [0, 0.1) is 0 Å². The maximum Gasteiger partial charge on any atom is 0.275 e. The van der Waals surface area contributed by atoms with Crippen molar-refractivity contribution in [3.05, 3.63) is 70.2 Å². The molecular weight excluding hydrogens is 434 g/mol. The summed E-state index contributed by atoms with van der Waals surface area (Å²) in [5.41, 5.74) is 9.53. The number of hydrogen-bond acceptors (Lipinski definition) is 5. The molecule has 0 aliphatic carbocycles. The molecule has 2 N–H and O–H groups in total. The molecule has 1 aliphatic rings. The molecule has 5 rings (SSSR count). The van der Waals surface area contributed by atoms with Gasteiger partial charge in [0.25, 0.3) is 5.91 Å². The Hall–Kier alpha value is -2.54. The number of thiophene rings is 1. The molecule has 0 saturated heterocycles. The van der Waals surface area contributed by atoms with E-state index in [1.807, 2.05) is 54.6 Å². The molecule has 30 heavy (non-hydrogen) atoms. The lowest BCUT2D eigenvalue weighted by Crippen LogP contribution is -2.28. The number of fused-ring (bicyclic) bond motifs is 3. The first-order valence-electron chi connectivity index (χ1n) is 9.65. The number of carbonyl (C=O) groups is 1. The van der Waals surface area contributed by atoms with Crippen LogP contribution in [0.5, 0.6) is 0 Å². The number of aryl methyl sites for hydroxylation is 1. The van der Waals surface area contributed by atoms with E-state index in [1.54, 1.807) is 16.7 Å². The number of nitrogen functional groups attached to an aromatic ring is 1. The van der Waals surface area contributed by atoms with E-state index < -0.39 is 0 Å². The fourth-order valence-corrected chi connectivity index (χ4v) is 5.89. The second-order valence-electron chi connectivity index (χ2n) is 7.07. The zero-order chi connectivity index (χ0) is 20.8. The molecule has 3 heterocycles. The molecule has 0 bridgehead atoms. The number of nitrogens with two attached hydrogens (primary N) is 1. The van der Waals surface area contributed by atoms with E-state index in [0.29, 0.717) is 15.6 Å². The van der Waals surface area contributed by atoms with Crippen molar-refractivity contribution in [2.24, 2.45) is 0 Å². The molecule has 2 aromatic carbocycles. The standard InChI is InChI=1S/C23H18ClN3OS2/c1-2-5-14-9-10-15-20(25)21(30-22(15)26-14)23(28)27-16-6-3-4-7-18(16)29-19-11-8-13(24)12-17(19)27/h3-4,6-12H,2,5,25H2,1H3. The lowest BCUT2D eigenvalue weighted by Gasteiger charge is -2.31. The van der Waals surface area contributed by atoms with E-state index in [-0.39, 0.29) is 5.91 Å². The van der Waals surface area contributed by atoms with E-state index >= 15 is 0 Å². The maximum absolute atomic E-state index is 13.8. The predicted octanol–water partition coefficient (Wildman–Crippen LogP) is 6.93. The van der Waals surface area contributed by atoms with Gasteiger partial charge in [-0.3, -0.25) is 9.69 Å². The highest BCUT2D eigenvalue weighted by Gasteiger charge is 2.31. The third kappa shape index (κ3) is 3.16. The van der Waals surface area contributed by atoms with Gasteiger partial charge in [-0.15, -0.1) is 11.3 Å². The SMILES string of the molecule is CCCc1ccc2c(N)c(C(=O)N3c4ccccc4Sc4ccc(Cl)cc43)sc2n1. The van der Waals surface area contributed by atoms with Crippen LogP contribution in [0.2, 0.25) is 5.02 Å². The van der Waals surface area contributed by atoms with Gasteiger partial charge in [-0.25, -0.2) is 4.98 Å². The summed E-state index contributed by atoms with van der Waals surface area (Å²) in [4.78, 5) is 23.6. The summed E-state index contributed by atoms with van der Waals surface area (Å²) in [6, 6.07) is 17.5. The average Bonchev–Trinajstić information content (AvgIpc) is 3.08. The summed E-state index contributed by atoms with van der Waals surface area (Å²) in [6.07, 6.45) is 1.92. The summed E-state index contributed by atoms with van der Waals surface area (Å²) < 4.78 is 0.